The van der Waals surface area contributed by atoms with Gasteiger partial charge in [-0.3, -0.25) is 4.57 Å². The van der Waals surface area contributed by atoms with Crippen LogP contribution in [0.5, 0.6) is 5.75 Å². The molecular formula is C15H23O2P. The summed E-state index contributed by atoms with van der Waals surface area (Å²) >= 11 is 0. The Morgan fingerprint density at radius 2 is 2.06 bits per heavy atom. The quantitative estimate of drug-likeness (QED) is 0.725. The van der Waals surface area contributed by atoms with E-state index in [1.807, 2.05) is 12.1 Å². The molecule has 18 heavy (non-hydrogen) atoms. The minimum atomic E-state index is -2.39. The highest BCUT2D eigenvalue weighted by Crippen LogP contribution is 2.54. The number of benzene rings is 1. The van der Waals surface area contributed by atoms with E-state index >= 15 is 0 Å². The van der Waals surface area contributed by atoms with Crippen LogP contribution in [0.4, 0.5) is 0 Å². The number of hydrogen-bond donors (Lipinski definition) is 0. The zero-order valence-electron chi connectivity index (χ0n) is 11.6. The molecule has 100 valence electrons. The molecule has 3 atom stereocenters. The van der Waals surface area contributed by atoms with Gasteiger partial charge in [-0.05, 0) is 42.4 Å². The van der Waals surface area contributed by atoms with E-state index in [0.717, 1.165) is 30.9 Å². The van der Waals surface area contributed by atoms with Crippen molar-refractivity contribution in [1.82, 2.24) is 0 Å². The minimum absolute atomic E-state index is 0.537. The average Bonchev–Trinajstić information content (AvgIpc) is 2.69. The molecule has 2 nitrogen and oxygen atoms in total. The lowest BCUT2D eigenvalue weighted by Gasteiger charge is -2.15. The molecule has 1 saturated heterocycles. The highest BCUT2D eigenvalue weighted by Gasteiger charge is 2.33. The maximum absolute atomic E-state index is 12.4. The third-order valence-corrected chi connectivity index (χ3v) is 6.55. The Labute approximate surface area is 110 Å². The molecule has 1 heterocycles. The van der Waals surface area contributed by atoms with Crippen molar-refractivity contribution in [2.75, 3.05) is 12.3 Å². The van der Waals surface area contributed by atoms with Crippen LogP contribution in [0.15, 0.2) is 24.3 Å². The second kappa shape index (κ2) is 5.48. The normalized spacial score (nSPS) is 29.2. The average molecular weight is 266 g/mol. The van der Waals surface area contributed by atoms with E-state index in [0.29, 0.717) is 11.8 Å². The largest absolute Gasteiger partial charge is 0.443 e. The van der Waals surface area contributed by atoms with Crippen molar-refractivity contribution in [1.29, 1.82) is 0 Å². The van der Waals surface area contributed by atoms with Gasteiger partial charge in [0, 0.05) is 12.3 Å². The molecule has 0 saturated carbocycles. The van der Waals surface area contributed by atoms with Gasteiger partial charge in [0.25, 0.3) is 0 Å². The highest BCUT2D eigenvalue weighted by atomic mass is 31.2. The van der Waals surface area contributed by atoms with Crippen molar-refractivity contribution in [3.8, 4) is 5.75 Å². The standard InChI is InChI=1S/C15H23O2P/c1-4-13(3)14-5-7-15(8-6-14)17-18(16)10-9-12(2)11-18/h5-8,12-13H,4,9-11H2,1-3H3/t12-,13+,18-/m0/s1. The Kier molecular flexibility index (Phi) is 4.17. The van der Waals surface area contributed by atoms with E-state index in [-0.39, 0.29) is 0 Å². The molecular weight excluding hydrogens is 243 g/mol. The summed E-state index contributed by atoms with van der Waals surface area (Å²) in [5, 5.41) is 0. The van der Waals surface area contributed by atoms with Crippen LogP contribution in [0.3, 0.4) is 0 Å². The third-order valence-electron chi connectivity index (χ3n) is 3.89. The van der Waals surface area contributed by atoms with Crippen LogP contribution in [0.1, 0.15) is 45.1 Å². The van der Waals surface area contributed by atoms with E-state index in [9.17, 15) is 4.57 Å². The molecule has 1 aromatic rings. The molecule has 0 aliphatic carbocycles. The molecule has 0 bridgehead atoms. The summed E-state index contributed by atoms with van der Waals surface area (Å²) in [7, 11) is -2.39. The maximum atomic E-state index is 12.4. The van der Waals surface area contributed by atoms with Crippen molar-refractivity contribution in [3.05, 3.63) is 29.8 Å². The summed E-state index contributed by atoms with van der Waals surface area (Å²) in [6, 6.07) is 8.11. The summed E-state index contributed by atoms with van der Waals surface area (Å²) in [5.41, 5.74) is 1.32. The molecule has 0 spiro atoms. The summed E-state index contributed by atoms with van der Waals surface area (Å²) in [6.07, 6.45) is 3.64. The van der Waals surface area contributed by atoms with E-state index in [1.165, 1.54) is 5.56 Å². The Hall–Kier alpha value is -0.750. The van der Waals surface area contributed by atoms with Gasteiger partial charge in [-0.2, -0.15) is 0 Å². The predicted molar refractivity (Wildman–Crippen MR) is 76.9 cm³/mol. The molecule has 0 aromatic heterocycles. The van der Waals surface area contributed by atoms with Gasteiger partial charge in [0.05, 0.1) is 0 Å². The summed E-state index contributed by atoms with van der Waals surface area (Å²) in [4.78, 5) is 0. The molecule has 1 aliphatic heterocycles. The van der Waals surface area contributed by atoms with Crippen LogP contribution in [0.25, 0.3) is 0 Å². The van der Waals surface area contributed by atoms with E-state index in [4.69, 9.17) is 4.52 Å². The maximum Gasteiger partial charge on any atom is 0.248 e. The van der Waals surface area contributed by atoms with E-state index in [2.05, 4.69) is 32.9 Å². The van der Waals surface area contributed by atoms with Gasteiger partial charge in [0.2, 0.25) is 7.37 Å². The van der Waals surface area contributed by atoms with Crippen LogP contribution in [0, 0.1) is 5.92 Å². The molecule has 1 fully saturated rings. The van der Waals surface area contributed by atoms with Gasteiger partial charge in [-0.15, -0.1) is 0 Å². The smallest absolute Gasteiger partial charge is 0.248 e. The first-order valence-corrected chi connectivity index (χ1v) is 8.89. The lowest BCUT2D eigenvalue weighted by atomic mass is 9.99. The molecule has 0 amide bonds. The number of hydrogen-bond acceptors (Lipinski definition) is 2. The monoisotopic (exact) mass is 266 g/mol. The topological polar surface area (TPSA) is 26.3 Å². The SMILES string of the molecule is CC[C@@H](C)c1ccc(O[P@@]2(=O)CC[C@H](C)C2)cc1. The Morgan fingerprint density at radius 3 is 2.56 bits per heavy atom. The van der Waals surface area contributed by atoms with Gasteiger partial charge >= 0.3 is 0 Å². The Bertz CT molecular complexity index is 438. The van der Waals surface area contributed by atoms with E-state index in [1.54, 1.807) is 0 Å². The van der Waals surface area contributed by atoms with Crippen LogP contribution in [0.2, 0.25) is 0 Å². The summed E-state index contributed by atoms with van der Waals surface area (Å²) in [6.45, 7) is 6.55. The third kappa shape index (κ3) is 3.17. The minimum Gasteiger partial charge on any atom is -0.443 e. The summed E-state index contributed by atoms with van der Waals surface area (Å²) < 4.78 is 18.2. The second-order valence-electron chi connectivity index (χ2n) is 5.58. The zero-order chi connectivity index (χ0) is 13.2. The van der Waals surface area contributed by atoms with Crippen LogP contribution < -0.4 is 4.52 Å². The molecule has 0 N–H and O–H groups in total. The van der Waals surface area contributed by atoms with Crippen molar-refractivity contribution in [2.45, 2.75) is 39.5 Å². The van der Waals surface area contributed by atoms with E-state index < -0.39 is 7.37 Å². The molecule has 0 unspecified atom stereocenters. The fourth-order valence-corrected chi connectivity index (χ4v) is 5.26. The van der Waals surface area contributed by atoms with Gasteiger partial charge < -0.3 is 4.52 Å². The molecule has 0 radical (unpaired) electrons. The Balaban J connectivity index is 2.05. The van der Waals surface area contributed by atoms with Gasteiger partial charge in [-0.25, -0.2) is 0 Å². The molecule has 2 rings (SSSR count). The molecule has 1 aromatic carbocycles. The lowest BCUT2D eigenvalue weighted by molar-refractivity contribution is 0.486. The molecule has 3 heteroatoms. The van der Waals surface area contributed by atoms with Gasteiger partial charge in [-0.1, -0.05) is 32.9 Å². The van der Waals surface area contributed by atoms with Gasteiger partial charge in [0.1, 0.15) is 5.75 Å². The fraction of sp³-hybridized carbons (Fsp3) is 0.600. The Morgan fingerprint density at radius 1 is 1.39 bits per heavy atom. The lowest BCUT2D eigenvalue weighted by Crippen LogP contribution is -1.97. The van der Waals surface area contributed by atoms with Crippen molar-refractivity contribution in [2.24, 2.45) is 5.92 Å². The van der Waals surface area contributed by atoms with Crippen LogP contribution in [-0.2, 0) is 4.57 Å². The molecule has 1 aliphatic rings. The van der Waals surface area contributed by atoms with Crippen LogP contribution in [-0.4, -0.2) is 12.3 Å². The van der Waals surface area contributed by atoms with Gasteiger partial charge in [0.15, 0.2) is 0 Å². The number of rotatable bonds is 4. The summed E-state index contributed by atoms with van der Waals surface area (Å²) in [5.74, 6) is 1.87. The van der Waals surface area contributed by atoms with Crippen molar-refractivity contribution >= 4 is 7.37 Å². The first-order chi connectivity index (χ1) is 8.52. The first kappa shape index (κ1) is 13.7. The van der Waals surface area contributed by atoms with Crippen LogP contribution >= 0.6 is 7.37 Å². The van der Waals surface area contributed by atoms with Crippen molar-refractivity contribution < 1.29 is 9.09 Å². The predicted octanol–water partition coefficient (Wildman–Crippen LogP) is 4.90. The van der Waals surface area contributed by atoms with Crippen molar-refractivity contribution in [3.63, 3.8) is 0 Å². The zero-order valence-corrected chi connectivity index (χ0v) is 12.5. The second-order valence-corrected chi connectivity index (χ2v) is 8.21. The fourth-order valence-electron chi connectivity index (χ4n) is 2.44. The highest BCUT2D eigenvalue weighted by molar-refractivity contribution is 7.59. The first-order valence-electron chi connectivity index (χ1n) is 6.90.